The summed E-state index contributed by atoms with van der Waals surface area (Å²) in [4.78, 5) is 4.41. The summed E-state index contributed by atoms with van der Waals surface area (Å²) in [6, 6.07) is 7.81. The molecule has 5 nitrogen and oxygen atoms in total. The van der Waals surface area contributed by atoms with Crippen molar-refractivity contribution in [1.82, 2.24) is 9.47 Å². The summed E-state index contributed by atoms with van der Waals surface area (Å²) in [5.74, 6) is 1.32. The molecule has 0 atom stereocenters. The zero-order chi connectivity index (χ0) is 21.3. The Bertz CT molecular complexity index is 851. The highest BCUT2D eigenvalue weighted by atomic mass is 19.4. The lowest BCUT2D eigenvalue weighted by atomic mass is 10.1. The van der Waals surface area contributed by atoms with Gasteiger partial charge >= 0.3 is 6.18 Å². The van der Waals surface area contributed by atoms with E-state index in [1.165, 1.54) is 4.57 Å². The number of hydrogen-bond acceptors (Lipinski definition) is 4. The highest BCUT2D eigenvalue weighted by Crippen LogP contribution is 2.33. The molecule has 3 heterocycles. The fraction of sp³-hybridized carbons (Fsp3) is 0.636. The molecule has 2 aliphatic heterocycles. The molecule has 2 saturated heterocycles. The van der Waals surface area contributed by atoms with Crippen molar-refractivity contribution >= 4 is 16.7 Å². The molecule has 0 bridgehead atoms. The molecule has 4 rings (SSSR count). The van der Waals surface area contributed by atoms with Crippen LogP contribution in [0, 0.1) is 0 Å². The zero-order valence-corrected chi connectivity index (χ0v) is 17.6. The Kier molecular flexibility index (Phi) is 6.16. The molecule has 166 valence electrons. The topological polar surface area (TPSA) is 29.9 Å². The minimum absolute atomic E-state index is 0.147. The largest absolute Gasteiger partial charge is 0.490 e. The molecule has 2 aromatic rings. The normalized spacial score (nSPS) is 19.7. The summed E-state index contributed by atoms with van der Waals surface area (Å²) in [5, 5.41) is 0.776. The minimum atomic E-state index is -4.29. The van der Waals surface area contributed by atoms with Crippen LogP contribution in [0.5, 0.6) is 5.75 Å². The number of fused-ring (bicyclic) bond motifs is 1. The molecule has 0 radical (unpaired) electrons. The number of ether oxygens (including phenoxy) is 2. The Balaban J connectivity index is 1.56. The van der Waals surface area contributed by atoms with Gasteiger partial charge in [-0.15, -0.1) is 0 Å². The zero-order valence-electron chi connectivity index (χ0n) is 17.6. The monoisotopic (exact) mass is 425 g/mol. The van der Waals surface area contributed by atoms with Gasteiger partial charge in [-0.3, -0.25) is 0 Å². The molecular formula is C22H30F3N3O2. The van der Waals surface area contributed by atoms with Gasteiger partial charge in [0.2, 0.25) is 0 Å². The first-order valence-electron chi connectivity index (χ1n) is 10.7. The van der Waals surface area contributed by atoms with Crippen molar-refractivity contribution in [3.8, 4) is 5.75 Å². The van der Waals surface area contributed by atoms with Crippen LogP contribution in [0.3, 0.4) is 0 Å². The summed E-state index contributed by atoms with van der Waals surface area (Å²) in [5.41, 5.74) is 0.579. The third kappa shape index (κ3) is 4.86. The first kappa shape index (κ1) is 21.3. The number of benzene rings is 1. The molecular weight excluding hydrogens is 395 g/mol. The number of rotatable bonds is 5. The maximum Gasteiger partial charge on any atom is 0.406 e. The van der Waals surface area contributed by atoms with Gasteiger partial charge in [-0.1, -0.05) is 0 Å². The van der Waals surface area contributed by atoms with Crippen LogP contribution >= 0.6 is 0 Å². The van der Waals surface area contributed by atoms with Crippen molar-refractivity contribution in [2.45, 2.75) is 51.6 Å². The molecule has 0 saturated carbocycles. The van der Waals surface area contributed by atoms with E-state index in [1.807, 2.05) is 17.0 Å². The number of anilines is 1. The Morgan fingerprint density at radius 1 is 1.07 bits per heavy atom. The van der Waals surface area contributed by atoms with E-state index in [1.54, 1.807) is 12.1 Å². The second-order valence-electron chi connectivity index (χ2n) is 8.47. The van der Waals surface area contributed by atoms with E-state index in [-0.39, 0.29) is 6.10 Å². The van der Waals surface area contributed by atoms with E-state index in [4.69, 9.17) is 9.47 Å². The van der Waals surface area contributed by atoms with E-state index in [0.29, 0.717) is 43.7 Å². The molecule has 0 spiro atoms. The van der Waals surface area contributed by atoms with Crippen LogP contribution in [0.25, 0.3) is 10.9 Å². The number of piperidine rings is 1. The van der Waals surface area contributed by atoms with Crippen LogP contribution in [0.1, 0.15) is 26.7 Å². The van der Waals surface area contributed by atoms with Gasteiger partial charge in [0.15, 0.2) is 0 Å². The number of nitrogens with zero attached hydrogens (tertiary/aromatic N) is 3. The van der Waals surface area contributed by atoms with E-state index in [2.05, 4.69) is 18.7 Å². The van der Waals surface area contributed by atoms with Crippen molar-refractivity contribution < 1.29 is 22.6 Å². The van der Waals surface area contributed by atoms with Crippen LogP contribution < -0.4 is 9.64 Å². The van der Waals surface area contributed by atoms with Crippen molar-refractivity contribution in [1.29, 1.82) is 0 Å². The molecule has 1 aromatic heterocycles. The quantitative estimate of drug-likeness (QED) is 0.715. The Labute approximate surface area is 175 Å². The average Bonchev–Trinajstić information content (AvgIpc) is 3.05. The molecule has 8 heteroatoms. The van der Waals surface area contributed by atoms with Crippen LogP contribution in [0.15, 0.2) is 24.3 Å². The predicted octanol–water partition coefficient (Wildman–Crippen LogP) is 4.29. The Morgan fingerprint density at radius 3 is 2.40 bits per heavy atom. The van der Waals surface area contributed by atoms with Crippen LogP contribution in [0.4, 0.5) is 19.0 Å². The van der Waals surface area contributed by atoms with Gasteiger partial charge in [-0.05, 0) is 51.0 Å². The van der Waals surface area contributed by atoms with E-state index < -0.39 is 12.7 Å². The first-order chi connectivity index (χ1) is 14.3. The lowest BCUT2D eigenvalue weighted by Gasteiger charge is -2.34. The molecule has 1 aromatic carbocycles. The third-order valence-corrected chi connectivity index (χ3v) is 6.03. The van der Waals surface area contributed by atoms with Crippen molar-refractivity contribution in [2.24, 2.45) is 0 Å². The average molecular weight is 425 g/mol. The summed E-state index contributed by atoms with van der Waals surface area (Å²) < 4.78 is 52.8. The van der Waals surface area contributed by atoms with Crippen LogP contribution in [0.2, 0.25) is 0 Å². The summed E-state index contributed by atoms with van der Waals surface area (Å²) in [6.45, 7) is 7.64. The maximum absolute atomic E-state index is 13.3. The van der Waals surface area contributed by atoms with E-state index in [9.17, 15) is 13.2 Å². The molecule has 0 amide bonds. The number of likely N-dealkylation sites (tertiary alicyclic amines) is 1. The molecule has 2 aliphatic rings. The van der Waals surface area contributed by atoms with Crippen LogP contribution in [-0.4, -0.2) is 67.2 Å². The third-order valence-electron chi connectivity index (χ3n) is 6.03. The molecule has 0 aliphatic carbocycles. The van der Waals surface area contributed by atoms with Gasteiger partial charge in [0.25, 0.3) is 0 Å². The molecule has 0 unspecified atom stereocenters. The summed E-state index contributed by atoms with van der Waals surface area (Å²) in [6.07, 6.45) is -2.21. The summed E-state index contributed by atoms with van der Waals surface area (Å²) in [7, 11) is 0. The number of aromatic nitrogens is 1. The minimum Gasteiger partial charge on any atom is -0.490 e. The number of hydrogen-bond donors (Lipinski definition) is 0. The summed E-state index contributed by atoms with van der Waals surface area (Å²) >= 11 is 0. The lowest BCUT2D eigenvalue weighted by molar-refractivity contribution is -0.139. The molecule has 2 fully saturated rings. The second-order valence-corrected chi connectivity index (χ2v) is 8.47. The maximum atomic E-state index is 13.3. The van der Waals surface area contributed by atoms with Crippen molar-refractivity contribution in [2.75, 3.05) is 44.3 Å². The van der Waals surface area contributed by atoms with Gasteiger partial charge in [0.05, 0.1) is 18.7 Å². The van der Waals surface area contributed by atoms with E-state index >= 15 is 0 Å². The highest BCUT2D eigenvalue weighted by molar-refractivity contribution is 5.86. The van der Waals surface area contributed by atoms with Gasteiger partial charge in [0.1, 0.15) is 24.2 Å². The van der Waals surface area contributed by atoms with Crippen molar-refractivity contribution in [3.05, 3.63) is 24.3 Å². The predicted molar refractivity (Wildman–Crippen MR) is 111 cm³/mol. The standard InChI is InChI=1S/C22H30F3N3O2/c1-16(2)26-7-5-18(6-8-26)30-19-3-4-20-17(13-19)14-21(27-9-11-29-12-10-27)28(20)15-22(23,24)25/h3-4,13-14,16,18H,5-12,15H2,1-2H3. The number of halogens is 3. The number of morpholine rings is 1. The fourth-order valence-corrected chi connectivity index (χ4v) is 4.41. The molecule has 0 N–H and O–H groups in total. The first-order valence-corrected chi connectivity index (χ1v) is 10.7. The second kappa shape index (κ2) is 8.67. The van der Waals surface area contributed by atoms with Gasteiger partial charge in [-0.25, -0.2) is 0 Å². The highest BCUT2D eigenvalue weighted by Gasteiger charge is 2.31. The number of alkyl halides is 3. The smallest absolute Gasteiger partial charge is 0.406 e. The SMILES string of the molecule is CC(C)N1CCC(Oc2ccc3c(c2)cc(N2CCOCC2)n3CC(F)(F)F)CC1. The van der Waals surface area contributed by atoms with Crippen molar-refractivity contribution in [3.63, 3.8) is 0 Å². The van der Waals surface area contributed by atoms with Gasteiger partial charge < -0.3 is 23.8 Å². The van der Waals surface area contributed by atoms with E-state index in [0.717, 1.165) is 37.1 Å². The van der Waals surface area contributed by atoms with Crippen LogP contribution in [-0.2, 0) is 11.3 Å². The lowest BCUT2D eigenvalue weighted by Crippen LogP contribution is -2.41. The Morgan fingerprint density at radius 2 is 1.77 bits per heavy atom. The van der Waals surface area contributed by atoms with Gasteiger partial charge in [0, 0.05) is 37.6 Å². The van der Waals surface area contributed by atoms with Gasteiger partial charge in [-0.2, -0.15) is 13.2 Å². The molecule has 30 heavy (non-hydrogen) atoms. The Hall–Kier alpha value is -1.93. The fourth-order valence-electron chi connectivity index (χ4n) is 4.41.